The van der Waals surface area contributed by atoms with Crippen LogP contribution in [0.3, 0.4) is 0 Å². The molecule has 3 N–H and O–H groups in total. The number of morpholine rings is 1. The number of fused-ring (bicyclic) bond motifs is 4. The van der Waals surface area contributed by atoms with E-state index in [2.05, 4.69) is 31.2 Å². The van der Waals surface area contributed by atoms with Gasteiger partial charge in [-0.05, 0) is 51.8 Å². The highest BCUT2D eigenvalue weighted by Gasteiger charge is 2.47. The Morgan fingerprint density at radius 1 is 1.21 bits per heavy atom. The third kappa shape index (κ3) is 2.72. The van der Waals surface area contributed by atoms with Gasteiger partial charge in [-0.25, -0.2) is 9.97 Å². The molecule has 1 saturated heterocycles. The van der Waals surface area contributed by atoms with Crippen LogP contribution in [0.2, 0.25) is 0 Å². The van der Waals surface area contributed by atoms with Gasteiger partial charge in [0.05, 0.1) is 5.56 Å². The maximum atomic E-state index is 14.3. The van der Waals surface area contributed by atoms with Gasteiger partial charge in [-0.2, -0.15) is 4.39 Å². The van der Waals surface area contributed by atoms with Crippen LogP contribution in [-0.2, 0) is 10.3 Å². The zero-order chi connectivity index (χ0) is 19.3. The summed E-state index contributed by atoms with van der Waals surface area (Å²) in [5.74, 6) is 0.538. The number of nitrogens with one attached hydrogen (secondary N) is 1. The summed E-state index contributed by atoms with van der Waals surface area (Å²) in [6, 6.07) is 10.8. The van der Waals surface area contributed by atoms with E-state index in [1.165, 1.54) is 6.20 Å². The van der Waals surface area contributed by atoms with Crippen molar-refractivity contribution in [2.45, 2.75) is 11.8 Å². The summed E-state index contributed by atoms with van der Waals surface area (Å²) in [7, 11) is 0. The first-order valence-electron chi connectivity index (χ1n) is 8.80. The molecule has 3 aromatic rings. The lowest BCUT2D eigenvalue weighted by molar-refractivity contribution is -0.0974. The van der Waals surface area contributed by atoms with Crippen LogP contribution < -0.4 is 15.8 Å². The molecule has 6 nitrogen and oxygen atoms in total. The summed E-state index contributed by atoms with van der Waals surface area (Å²) in [6.45, 7) is 1.02. The summed E-state index contributed by atoms with van der Waals surface area (Å²) < 4.78 is 27.4. The summed E-state index contributed by atoms with van der Waals surface area (Å²) >= 11 is 3.47. The zero-order valence-electron chi connectivity index (χ0n) is 14.7. The third-order valence-corrected chi connectivity index (χ3v) is 5.45. The number of rotatable bonds is 1. The first-order valence-corrected chi connectivity index (χ1v) is 9.59. The highest BCUT2D eigenvalue weighted by Crippen LogP contribution is 2.50. The lowest BCUT2D eigenvalue weighted by Gasteiger charge is -2.44. The maximum Gasteiger partial charge on any atom is 0.225 e. The summed E-state index contributed by atoms with van der Waals surface area (Å²) in [5, 5.41) is 3.33. The van der Waals surface area contributed by atoms with Gasteiger partial charge in [0.1, 0.15) is 17.6 Å². The second-order valence-electron chi connectivity index (χ2n) is 6.78. The lowest BCUT2D eigenvalue weighted by atomic mass is 9.82. The molecule has 1 spiro atoms. The molecular weight excluding hydrogens is 427 g/mol. The average molecular weight is 443 g/mol. The molecule has 2 aromatic heterocycles. The van der Waals surface area contributed by atoms with Crippen molar-refractivity contribution in [1.29, 1.82) is 0 Å². The Balaban J connectivity index is 1.74. The van der Waals surface area contributed by atoms with Gasteiger partial charge in [0.25, 0.3) is 0 Å². The fourth-order valence-electron chi connectivity index (χ4n) is 3.80. The van der Waals surface area contributed by atoms with Gasteiger partial charge in [0.15, 0.2) is 0 Å². The molecule has 1 aromatic carbocycles. The Bertz CT molecular complexity index is 1080. The monoisotopic (exact) mass is 442 g/mol. The maximum absolute atomic E-state index is 14.3. The van der Waals surface area contributed by atoms with Crippen LogP contribution in [0, 0.1) is 5.95 Å². The number of hydrogen-bond acceptors (Lipinski definition) is 6. The Morgan fingerprint density at radius 3 is 2.93 bits per heavy atom. The van der Waals surface area contributed by atoms with Gasteiger partial charge in [0.2, 0.25) is 11.8 Å². The second kappa shape index (κ2) is 6.59. The topological polar surface area (TPSA) is 82.3 Å². The minimum Gasteiger partial charge on any atom is -0.438 e. The molecule has 5 rings (SSSR count). The Labute approximate surface area is 169 Å². The molecule has 0 radical (unpaired) electrons. The van der Waals surface area contributed by atoms with E-state index in [1.54, 1.807) is 30.5 Å². The predicted octanol–water partition coefficient (Wildman–Crippen LogP) is 3.30. The predicted molar refractivity (Wildman–Crippen MR) is 104 cm³/mol. The number of aromatic nitrogens is 2. The van der Waals surface area contributed by atoms with Crippen molar-refractivity contribution in [1.82, 2.24) is 15.3 Å². The highest BCUT2D eigenvalue weighted by molar-refractivity contribution is 9.10. The van der Waals surface area contributed by atoms with Gasteiger partial charge in [-0.15, -0.1) is 0 Å². The second-order valence-corrected chi connectivity index (χ2v) is 7.69. The van der Waals surface area contributed by atoms with E-state index in [4.69, 9.17) is 15.2 Å². The zero-order valence-corrected chi connectivity index (χ0v) is 16.2. The van der Waals surface area contributed by atoms with Crippen LogP contribution >= 0.6 is 15.9 Å². The molecule has 0 amide bonds. The van der Waals surface area contributed by atoms with E-state index in [-0.39, 0.29) is 0 Å². The van der Waals surface area contributed by atoms with E-state index in [1.807, 2.05) is 12.1 Å². The SMILES string of the molecule is NC1CNCC2(O1)c1cc(-c3cccnc3F)ccc1Oc1ncc(Br)cc12. The van der Waals surface area contributed by atoms with Crippen LogP contribution in [0.5, 0.6) is 11.6 Å². The van der Waals surface area contributed by atoms with Crippen molar-refractivity contribution in [3.05, 3.63) is 70.3 Å². The first-order chi connectivity index (χ1) is 13.6. The first kappa shape index (κ1) is 17.7. The largest absolute Gasteiger partial charge is 0.438 e. The van der Waals surface area contributed by atoms with E-state index < -0.39 is 17.8 Å². The number of nitrogens with zero attached hydrogens (tertiary/aromatic N) is 2. The summed E-state index contributed by atoms with van der Waals surface area (Å²) in [4.78, 5) is 8.15. The molecule has 2 aliphatic heterocycles. The molecule has 0 saturated carbocycles. The number of pyridine rings is 2. The summed E-state index contributed by atoms with van der Waals surface area (Å²) in [5.41, 5.74) is 7.86. The molecule has 0 aliphatic carbocycles. The molecule has 2 aliphatic rings. The van der Waals surface area contributed by atoms with Crippen LogP contribution in [-0.4, -0.2) is 29.3 Å². The van der Waals surface area contributed by atoms with Crippen molar-refractivity contribution in [2.24, 2.45) is 5.73 Å². The van der Waals surface area contributed by atoms with Crippen molar-refractivity contribution < 1.29 is 13.9 Å². The fraction of sp³-hybridized carbons (Fsp3) is 0.200. The van der Waals surface area contributed by atoms with E-state index in [9.17, 15) is 4.39 Å². The van der Waals surface area contributed by atoms with E-state index in [0.29, 0.717) is 35.8 Å². The molecule has 4 heterocycles. The van der Waals surface area contributed by atoms with Crippen molar-refractivity contribution in [2.75, 3.05) is 13.1 Å². The Kier molecular flexibility index (Phi) is 4.17. The Morgan fingerprint density at radius 2 is 2.11 bits per heavy atom. The van der Waals surface area contributed by atoms with Crippen molar-refractivity contribution >= 4 is 15.9 Å². The van der Waals surface area contributed by atoms with E-state index in [0.717, 1.165) is 15.6 Å². The molecule has 8 heteroatoms. The van der Waals surface area contributed by atoms with Crippen LogP contribution in [0.4, 0.5) is 4.39 Å². The van der Waals surface area contributed by atoms with Gasteiger partial charge < -0.3 is 20.5 Å². The lowest BCUT2D eigenvalue weighted by Crippen LogP contribution is -2.56. The molecule has 28 heavy (non-hydrogen) atoms. The van der Waals surface area contributed by atoms with Crippen molar-refractivity contribution in [3.8, 4) is 22.8 Å². The summed E-state index contributed by atoms with van der Waals surface area (Å²) in [6.07, 6.45) is 2.59. The standard InChI is InChI=1S/C20H16BrFN4O2/c21-12-7-15-19(26-8-12)27-16-4-3-11(13-2-1-5-25-18(13)22)6-14(16)20(15)10-24-9-17(23)28-20/h1-8,17,24H,9-10,23H2. The smallest absolute Gasteiger partial charge is 0.225 e. The number of ether oxygens (including phenoxy) is 2. The molecule has 0 bridgehead atoms. The van der Waals surface area contributed by atoms with Crippen molar-refractivity contribution in [3.63, 3.8) is 0 Å². The van der Waals surface area contributed by atoms with Gasteiger partial charge in [0, 0.05) is 41.1 Å². The molecule has 2 unspecified atom stereocenters. The van der Waals surface area contributed by atoms with Gasteiger partial charge in [-0.3, -0.25) is 0 Å². The minimum absolute atomic E-state index is 0.409. The third-order valence-electron chi connectivity index (χ3n) is 5.02. The number of hydrogen-bond donors (Lipinski definition) is 2. The fourth-order valence-corrected chi connectivity index (χ4v) is 4.13. The molecule has 2 atom stereocenters. The highest BCUT2D eigenvalue weighted by atomic mass is 79.9. The van der Waals surface area contributed by atoms with E-state index >= 15 is 0 Å². The normalized spacial score (nSPS) is 23.0. The quantitative estimate of drug-likeness (QED) is 0.562. The number of benzene rings is 1. The molecular formula is C20H16BrFN4O2. The Hall–Kier alpha value is -2.39. The van der Waals surface area contributed by atoms with Gasteiger partial charge >= 0.3 is 0 Å². The van der Waals surface area contributed by atoms with Crippen LogP contribution in [0.25, 0.3) is 11.1 Å². The number of halogens is 2. The van der Waals surface area contributed by atoms with Crippen LogP contribution in [0.1, 0.15) is 11.1 Å². The number of nitrogens with two attached hydrogens (primary N) is 1. The molecule has 1 fully saturated rings. The molecule has 142 valence electrons. The average Bonchev–Trinajstić information content (AvgIpc) is 2.69. The van der Waals surface area contributed by atoms with Gasteiger partial charge in [-0.1, -0.05) is 6.07 Å². The van der Waals surface area contributed by atoms with Crippen LogP contribution in [0.15, 0.2) is 53.3 Å². The minimum atomic E-state index is -0.897.